The topological polar surface area (TPSA) is 12.5 Å². The van der Waals surface area contributed by atoms with Crippen molar-refractivity contribution in [2.45, 2.75) is 32.1 Å². The highest BCUT2D eigenvalue weighted by molar-refractivity contribution is 5.33. The molecule has 3 heteroatoms. The third kappa shape index (κ3) is 2.83. The van der Waals surface area contributed by atoms with Crippen LogP contribution in [0, 0.1) is 5.82 Å². The fraction of sp³-hybridized carbons (Fsp3) is 0.600. The van der Waals surface area contributed by atoms with E-state index in [1.165, 1.54) is 7.11 Å². The Balaban J connectivity index is 2.15. The van der Waals surface area contributed by atoms with Crippen LogP contribution in [0.2, 0.25) is 0 Å². The van der Waals surface area contributed by atoms with Crippen LogP contribution in [0.25, 0.3) is 0 Å². The lowest BCUT2D eigenvalue weighted by atomic mass is 9.90. The summed E-state index contributed by atoms with van der Waals surface area (Å²) in [4.78, 5) is 2.44. The van der Waals surface area contributed by atoms with Gasteiger partial charge in [0.1, 0.15) is 0 Å². The molecule has 1 aliphatic heterocycles. The van der Waals surface area contributed by atoms with Crippen LogP contribution in [-0.4, -0.2) is 31.6 Å². The molecule has 2 nitrogen and oxygen atoms in total. The number of rotatable bonds is 4. The fourth-order valence-electron chi connectivity index (χ4n) is 2.83. The average Bonchev–Trinajstić information content (AvgIpc) is 2.40. The van der Waals surface area contributed by atoms with Gasteiger partial charge in [0.05, 0.1) is 7.11 Å². The molecular formula is C15H22FNO. The summed E-state index contributed by atoms with van der Waals surface area (Å²) >= 11 is 0. The Bertz CT molecular complexity index is 392. The first-order valence-corrected chi connectivity index (χ1v) is 6.81. The van der Waals surface area contributed by atoms with Crippen LogP contribution in [0.3, 0.4) is 0 Å². The van der Waals surface area contributed by atoms with Crippen molar-refractivity contribution < 1.29 is 9.13 Å². The van der Waals surface area contributed by atoms with Crippen molar-refractivity contribution in [3.05, 3.63) is 29.6 Å². The van der Waals surface area contributed by atoms with Crippen LogP contribution in [0.4, 0.5) is 4.39 Å². The Hall–Kier alpha value is -1.09. The molecule has 0 saturated carbocycles. The Morgan fingerprint density at radius 1 is 1.44 bits per heavy atom. The maximum atomic E-state index is 14.2. The third-order valence-corrected chi connectivity index (χ3v) is 3.70. The van der Waals surface area contributed by atoms with E-state index in [1.807, 2.05) is 12.1 Å². The quantitative estimate of drug-likeness (QED) is 0.813. The first-order chi connectivity index (χ1) is 8.76. The van der Waals surface area contributed by atoms with E-state index in [4.69, 9.17) is 4.74 Å². The van der Waals surface area contributed by atoms with Gasteiger partial charge in [0, 0.05) is 6.54 Å². The molecule has 1 aliphatic rings. The lowest BCUT2D eigenvalue weighted by molar-refractivity contribution is 0.206. The summed E-state index contributed by atoms with van der Waals surface area (Å²) in [5.74, 6) is 0.490. The molecule has 0 N–H and O–H groups in total. The molecule has 0 aromatic heterocycles. The molecule has 2 rings (SSSR count). The highest BCUT2D eigenvalue weighted by Crippen LogP contribution is 2.32. The summed E-state index contributed by atoms with van der Waals surface area (Å²) in [5.41, 5.74) is 0.815. The summed E-state index contributed by atoms with van der Waals surface area (Å²) in [5, 5.41) is 0. The number of hydrogen-bond donors (Lipinski definition) is 0. The second-order valence-corrected chi connectivity index (χ2v) is 5.00. The maximum Gasteiger partial charge on any atom is 0.168 e. The summed E-state index contributed by atoms with van der Waals surface area (Å²) in [7, 11) is 1.52. The molecule has 0 spiro atoms. The van der Waals surface area contributed by atoms with Crippen molar-refractivity contribution in [1.29, 1.82) is 0 Å². The number of benzene rings is 1. The number of halogens is 1. The molecule has 1 atom stereocenters. The van der Waals surface area contributed by atoms with Gasteiger partial charge in [-0.15, -0.1) is 0 Å². The molecule has 1 unspecified atom stereocenters. The van der Waals surface area contributed by atoms with E-state index in [9.17, 15) is 4.39 Å². The van der Waals surface area contributed by atoms with Crippen LogP contribution in [0.15, 0.2) is 18.2 Å². The van der Waals surface area contributed by atoms with Crippen molar-refractivity contribution >= 4 is 0 Å². The number of piperidine rings is 1. The molecular weight excluding hydrogens is 229 g/mol. The van der Waals surface area contributed by atoms with Crippen molar-refractivity contribution in [2.24, 2.45) is 0 Å². The lowest BCUT2D eigenvalue weighted by Crippen LogP contribution is -2.35. The minimum atomic E-state index is -0.177. The molecule has 0 radical (unpaired) electrons. The van der Waals surface area contributed by atoms with E-state index in [2.05, 4.69) is 11.8 Å². The van der Waals surface area contributed by atoms with E-state index in [-0.39, 0.29) is 5.82 Å². The zero-order valence-corrected chi connectivity index (χ0v) is 11.3. The van der Waals surface area contributed by atoms with Gasteiger partial charge in [0.15, 0.2) is 11.6 Å². The van der Waals surface area contributed by atoms with Gasteiger partial charge in [-0.3, -0.25) is 0 Å². The highest BCUT2D eigenvalue weighted by atomic mass is 19.1. The number of ether oxygens (including phenoxy) is 1. The smallest absolute Gasteiger partial charge is 0.168 e. The molecule has 1 heterocycles. The number of hydrogen-bond acceptors (Lipinski definition) is 2. The normalized spacial score (nSPS) is 20.9. The van der Waals surface area contributed by atoms with Gasteiger partial charge in [0.25, 0.3) is 0 Å². The second kappa shape index (κ2) is 6.19. The van der Waals surface area contributed by atoms with Crippen LogP contribution in [0.1, 0.15) is 37.7 Å². The van der Waals surface area contributed by atoms with Gasteiger partial charge in [-0.2, -0.15) is 0 Å². The van der Waals surface area contributed by atoms with E-state index in [0.717, 1.165) is 44.5 Å². The number of nitrogens with zero attached hydrogens (tertiary/aromatic N) is 1. The third-order valence-electron chi connectivity index (χ3n) is 3.70. The van der Waals surface area contributed by atoms with Gasteiger partial charge in [0.2, 0.25) is 0 Å². The predicted octanol–water partition coefficient (Wildman–Crippen LogP) is 3.42. The molecule has 100 valence electrons. The predicted molar refractivity (Wildman–Crippen MR) is 71.7 cm³/mol. The molecule has 1 fully saturated rings. The minimum absolute atomic E-state index is 0.177. The highest BCUT2D eigenvalue weighted by Gasteiger charge is 2.24. The van der Waals surface area contributed by atoms with Crippen LogP contribution < -0.4 is 4.74 Å². The van der Waals surface area contributed by atoms with E-state index < -0.39 is 0 Å². The van der Waals surface area contributed by atoms with Gasteiger partial charge in [-0.25, -0.2) is 4.39 Å². The second-order valence-electron chi connectivity index (χ2n) is 5.00. The monoisotopic (exact) mass is 251 g/mol. The SMILES string of the molecule is CCCN1CCCC(c2cccc(OC)c2F)C1. The summed E-state index contributed by atoms with van der Waals surface area (Å²) in [6.07, 6.45) is 3.39. The van der Waals surface area contributed by atoms with Crippen molar-refractivity contribution in [3.63, 3.8) is 0 Å². The van der Waals surface area contributed by atoms with E-state index >= 15 is 0 Å². The first-order valence-electron chi connectivity index (χ1n) is 6.81. The molecule has 1 aromatic rings. The van der Waals surface area contributed by atoms with Gasteiger partial charge >= 0.3 is 0 Å². The first kappa shape index (κ1) is 13.3. The zero-order valence-electron chi connectivity index (χ0n) is 11.3. The summed E-state index contributed by atoms with van der Waals surface area (Å²) in [6, 6.07) is 5.47. The van der Waals surface area contributed by atoms with E-state index in [0.29, 0.717) is 11.7 Å². The molecule has 0 amide bonds. The number of likely N-dealkylation sites (tertiary alicyclic amines) is 1. The lowest BCUT2D eigenvalue weighted by Gasteiger charge is -2.33. The van der Waals surface area contributed by atoms with Gasteiger partial charge in [-0.1, -0.05) is 19.1 Å². The molecule has 0 bridgehead atoms. The zero-order chi connectivity index (χ0) is 13.0. The minimum Gasteiger partial charge on any atom is -0.494 e. The Kier molecular flexibility index (Phi) is 4.59. The van der Waals surface area contributed by atoms with Gasteiger partial charge < -0.3 is 9.64 Å². The van der Waals surface area contributed by atoms with Crippen LogP contribution in [-0.2, 0) is 0 Å². The van der Waals surface area contributed by atoms with Crippen molar-refractivity contribution in [2.75, 3.05) is 26.7 Å². The average molecular weight is 251 g/mol. The molecule has 18 heavy (non-hydrogen) atoms. The van der Waals surface area contributed by atoms with Gasteiger partial charge in [-0.05, 0) is 49.9 Å². The Labute approximate surface area is 109 Å². The fourth-order valence-corrected chi connectivity index (χ4v) is 2.83. The Morgan fingerprint density at radius 2 is 2.28 bits per heavy atom. The van der Waals surface area contributed by atoms with Crippen LogP contribution in [0.5, 0.6) is 5.75 Å². The molecule has 1 aromatic carbocycles. The van der Waals surface area contributed by atoms with Crippen molar-refractivity contribution in [1.82, 2.24) is 4.90 Å². The summed E-state index contributed by atoms with van der Waals surface area (Å²) < 4.78 is 19.3. The standard InChI is InChI=1S/C15H22FNO/c1-3-9-17-10-5-6-12(11-17)13-7-4-8-14(18-2)15(13)16/h4,7-8,12H,3,5-6,9-11H2,1-2H3. The number of methoxy groups -OCH3 is 1. The van der Waals surface area contributed by atoms with E-state index in [1.54, 1.807) is 6.07 Å². The summed E-state index contributed by atoms with van der Waals surface area (Å²) in [6.45, 7) is 5.42. The Morgan fingerprint density at radius 3 is 3.00 bits per heavy atom. The van der Waals surface area contributed by atoms with Crippen LogP contribution >= 0.6 is 0 Å². The van der Waals surface area contributed by atoms with Crippen molar-refractivity contribution in [3.8, 4) is 5.75 Å². The maximum absolute atomic E-state index is 14.2. The largest absolute Gasteiger partial charge is 0.494 e. The molecule has 0 aliphatic carbocycles. The molecule has 1 saturated heterocycles.